The minimum absolute atomic E-state index is 0.172. The molecule has 0 radical (unpaired) electrons. The molecule has 2 heterocycles. The first-order valence-corrected chi connectivity index (χ1v) is 16.4. The van der Waals surface area contributed by atoms with Gasteiger partial charge < -0.3 is 24.7 Å². The van der Waals surface area contributed by atoms with Gasteiger partial charge in [-0.1, -0.05) is 50.6 Å². The van der Waals surface area contributed by atoms with Gasteiger partial charge in [0.15, 0.2) is 7.29 Å². The lowest BCUT2D eigenvalue weighted by molar-refractivity contribution is -0.138. The second-order valence-corrected chi connectivity index (χ2v) is 14.5. The lowest BCUT2D eigenvalue weighted by Gasteiger charge is -2.27. The Morgan fingerprint density at radius 2 is 1.85 bits per heavy atom. The fraction of sp³-hybridized carbons (Fsp3) is 0.516. The largest absolute Gasteiger partial charge is 0.494 e. The molecule has 0 bridgehead atoms. The first-order valence-electron chi connectivity index (χ1n) is 14.4. The molecule has 0 spiro atoms. The zero-order valence-corrected chi connectivity index (χ0v) is 24.2. The van der Waals surface area contributed by atoms with E-state index in [0.29, 0.717) is 19.2 Å². The van der Waals surface area contributed by atoms with E-state index in [1.807, 2.05) is 62.4 Å². The van der Waals surface area contributed by atoms with Gasteiger partial charge in [-0.3, -0.25) is 9.88 Å². The van der Waals surface area contributed by atoms with E-state index >= 15 is 0 Å². The maximum Gasteiger partial charge on any atom is 0.321 e. The van der Waals surface area contributed by atoms with E-state index in [1.54, 1.807) is 0 Å². The van der Waals surface area contributed by atoms with Crippen molar-refractivity contribution in [2.75, 3.05) is 25.9 Å². The Morgan fingerprint density at radius 1 is 1.10 bits per heavy atom. The van der Waals surface area contributed by atoms with Crippen molar-refractivity contribution in [3.8, 4) is 5.75 Å². The second-order valence-electron chi connectivity index (χ2n) is 11.2. The highest BCUT2D eigenvalue weighted by molar-refractivity contribution is 7.62. The summed E-state index contributed by atoms with van der Waals surface area (Å²) in [6, 6.07) is 16.8. The van der Waals surface area contributed by atoms with E-state index in [9.17, 15) is 14.5 Å². The summed E-state index contributed by atoms with van der Waals surface area (Å²) in [5.41, 5.74) is 2.76. The predicted octanol–water partition coefficient (Wildman–Crippen LogP) is 6.23. The zero-order valence-electron chi connectivity index (χ0n) is 23.3. The number of hydrogen-bond acceptors (Lipinski definition) is 4. The van der Waals surface area contributed by atoms with Crippen LogP contribution in [0, 0.1) is 5.92 Å². The standard InChI is InChI=1S/C31H44N3O4P/c1-23(2)39(37,20-16-27-22-26-8-3-4-9-29(26)33-27)34-30(31(35)36)21-25-10-12-28(13-11-25)38-19-6-5-7-24-14-17-32-18-15-24/h3-4,8-13,22-24,30,32-33H,5-7,14-21H2,1-2H3,(H,34,37)(H,35,36)/t30-,39?/m0/s1. The molecule has 1 unspecified atom stereocenters. The average Bonchev–Trinajstić information content (AvgIpc) is 3.36. The molecule has 4 N–H and O–H groups in total. The number of ether oxygens (including phenoxy) is 1. The van der Waals surface area contributed by atoms with Gasteiger partial charge >= 0.3 is 5.97 Å². The quantitative estimate of drug-likeness (QED) is 0.131. The minimum Gasteiger partial charge on any atom is -0.494 e. The Bertz CT molecular complexity index is 1200. The lowest BCUT2D eigenvalue weighted by atomic mass is 9.93. The van der Waals surface area contributed by atoms with Crippen molar-refractivity contribution in [1.29, 1.82) is 0 Å². The number of unbranched alkanes of at least 4 members (excludes halogenated alkanes) is 1. The molecule has 8 heteroatoms. The van der Waals surface area contributed by atoms with Crippen LogP contribution >= 0.6 is 7.29 Å². The van der Waals surface area contributed by atoms with Gasteiger partial charge in [-0.05, 0) is 92.7 Å². The van der Waals surface area contributed by atoms with Crippen LogP contribution < -0.4 is 15.1 Å². The maximum absolute atomic E-state index is 13.9. The van der Waals surface area contributed by atoms with E-state index in [4.69, 9.17) is 4.74 Å². The molecule has 1 fully saturated rings. The smallest absolute Gasteiger partial charge is 0.321 e. The molecular weight excluding hydrogens is 509 g/mol. The number of H-pyrrole nitrogens is 1. The van der Waals surface area contributed by atoms with Gasteiger partial charge in [-0.15, -0.1) is 0 Å². The number of carbonyl (C=O) groups is 1. The monoisotopic (exact) mass is 553 g/mol. The summed E-state index contributed by atoms with van der Waals surface area (Å²) >= 11 is 0. The summed E-state index contributed by atoms with van der Waals surface area (Å²) < 4.78 is 19.8. The third-order valence-corrected chi connectivity index (χ3v) is 11.2. The van der Waals surface area contributed by atoms with E-state index in [0.717, 1.165) is 53.3 Å². The number of carboxylic acids is 1. The molecule has 2 aromatic carbocycles. The number of hydrogen-bond donors (Lipinski definition) is 4. The molecular formula is C31H44N3O4P. The number of aromatic amines is 1. The molecule has 7 nitrogen and oxygen atoms in total. The summed E-state index contributed by atoms with van der Waals surface area (Å²) in [6.07, 6.45) is 7.31. The number of aromatic nitrogens is 1. The third-order valence-electron chi connectivity index (χ3n) is 7.90. The first kappa shape index (κ1) is 29.4. The van der Waals surface area contributed by atoms with Crippen LogP contribution in [0.15, 0.2) is 54.6 Å². The number of para-hydroxylation sites is 1. The molecule has 4 rings (SSSR count). The van der Waals surface area contributed by atoms with Crippen LogP contribution in [-0.2, 0) is 22.2 Å². The van der Waals surface area contributed by atoms with E-state index < -0.39 is 19.3 Å². The lowest BCUT2D eigenvalue weighted by Crippen LogP contribution is -2.39. The van der Waals surface area contributed by atoms with Crippen molar-refractivity contribution in [1.82, 2.24) is 15.4 Å². The Labute approximate surface area is 232 Å². The van der Waals surface area contributed by atoms with Crippen molar-refractivity contribution < 1.29 is 19.2 Å². The summed E-state index contributed by atoms with van der Waals surface area (Å²) in [5, 5.41) is 17.6. The molecule has 0 aliphatic carbocycles. The highest BCUT2D eigenvalue weighted by atomic mass is 31.2. The highest BCUT2D eigenvalue weighted by Crippen LogP contribution is 2.47. The van der Waals surface area contributed by atoms with Gasteiger partial charge in [-0.2, -0.15) is 0 Å². The number of aryl methyl sites for hydroxylation is 1. The number of benzene rings is 2. The van der Waals surface area contributed by atoms with Crippen molar-refractivity contribution in [2.45, 2.75) is 70.5 Å². The van der Waals surface area contributed by atoms with Gasteiger partial charge in [-0.25, -0.2) is 0 Å². The van der Waals surface area contributed by atoms with E-state index in [-0.39, 0.29) is 12.1 Å². The second kappa shape index (κ2) is 14.2. The topological polar surface area (TPSA) is 103 Å². The normalized spacial score (nSPS) is 16.8. The van der Waals surface area contributed by atoms with Crippen LogP contribution in [0.25, 0.3) is 10.9 Å². The molecule has 212 valence electrons. The van der Waals surface area contributed by atoms with Crippen molar-refractivity contribution in [3.05, 3.63) is 65.9 Å². The van der Waals surface area contributed by atoms with Crippen molar-refractivity contribution in [2.24, 2.45) is 5.92 Å². The highest BCUT2D eigenvalue weighted by Gasteiger charge is 2.32. The third kappa shape index (κ3) is 8.69. The first-order chi connectivity index (χ1) is 18.8. The average molecular weight is 554 g/mol. The molecule has 0 amide bonds. The summed E-state index contributed by atoms with van der Waals surface area (Å²) in [5.74, 6) is 0.656. The zero-order chi connectivity index (χ0) is 27.7. The van der Waals surface area contributed by atoms with Gasteiger partial charge in [0.1, 0.15) is 11.8 Å². The van der Waals surface area contributed by atoms with Gasteiger partial charge in [0.05, 0.1) is 6.61 Å². The molecule has 1 aliphatic heterocycles. The fourth-order valence-corrected chi connectivity index (χ4v) is 7.58. The van der Waals surface area contributed by atoms with Crippen LogP contribution in [0.5, 0.6) is 5.75 Å². The number of carboxylic acid groups (broad SMARTS) is 1. The number of fused-ring (bicyclic) bond motifs is 1. The Kier molecular flexibility index (Phi) is 10.7. The Hall–Kier alpha value is -2.60. The minimum atomic E-state index is -2.97. The summed E-state index contributed by atoms with van der Waals surface area (Å²) in [4.78, 5) is 15.5. The fourth-order valence-electron chi connectivity index (χ4n) is 5.33. The van der Waals surface area contributed by atoms with E-state index in [1.165, 1.54) is 25.7 Å². The summed E-state index contributed by atoms with van der Waals surface area (Å²) in [6.45, 7) is 6.78. The van der Waals surface area contributed by atoms with E-state index in [2.05, 4.69) is 21.5 Å². The Morgan fingerprint density at radius 3 is 2.54 bits per heavy atom. The molecule has 1 aromatic heterocycles. The number of nitrogens with one attached hydrogen (secondary N) is 3. The van der Waals surface area contributed by atoms with Crippen molar-refractivity contribution >= 4 is 24.2 Å². The number of rotatable bonds is 15. The molecule has 2 atom stereocenters. The molecule has 3 aromatic rings. The number of piperidine rings is 1. The van der Waals surface area contributed by atoms with Crippen molar-refractivity contribution in [3.63, 3.8) is 0 Å². The van der Waals surface area contributed by atoms with Gasteiger partial charge in [0, 0.05) is 23.0 Å². The molecule has 39 heavy (non-hydrogen) atoms. The van der Waals surface area contributed by atoms with Crippen LogP contribution in [0.1, 0.15) is 57.2 Å². The predicted molar refractivity (Wildman–Crippen MR) is 159 cm³/mol. The molecule has 0 saturated carbocycles. The molecule has 1 saturated heterocycles. The van der Waals surface area contributed by atoms with Crippen LogP contribution in [-0.4, -0.2) is 53.6 Å². The van der Waals surface area contributed by atoms with Crippen LogP contribution in [0.2, 0.25) is 0 Å². The maximum atomic E-state index is 13.9. The molecule has 1 aliphatic rings. The summed E-state index contributed by atoms with van der Waals surface area (Å²) in [7, 11) is -2.97. The van der Waals surface area contributed by atoms with Gasteiger partial charge in [0.2, 0.25) is 0 Å². The van der Waals surface area contributed by atoms with Crippen LogP contribution in [0.3, 0.4) is 0 Å². The van der Waals surface area contributed by atoms with Crippen LogP contribution in [0.4, 0.5) is 0 Å². The SMILES string of the molecule is CC(C)P(=O)(CCc1cc2ccccc2[nH]1)N[C@@H](Cc1ccc(OCCCCC2CCNCC2)cc1)C(=O)O. The Balaban J connectivity index is 1.27. The van der Waals surface area contributed by atoms with Gasteiger partial charge in [0.25, 0.3) is 0 Å². The number of aliphatic carboxylic acids is 1.